The van der Waals surface area contributed by atoms with Crippen molar-refractivity contribution >= 4 is 17.3 Å². The minimum absolute atomic E-state index is 0.0698. The third kappa shape index (κ3) is 3.91. The molecule has 0 unspecified atom stereocenters. The van der Waals surface area contributed by atoms with Crippen LogP contribution in [0.2, 0.25) is 0 Å². The van der Waals surface area contributed by atoms with Gasteiger partial charge in [0.1, 0.15) is 22.9 Å². The molecule has 1 aromatic carbocycles. The number of carbonyl (C=O) groups excluding carboxylic acids is 1. The highest BCUT2D eigenvalue weighted by atomic mass is 32.1. The highest BCUT2D eigenvalue weighted by Gasteiger charge is 2.17. The first-order valence-corrected chi connectivity index (χ1v) is 9.18. The Morgan fingerprint density at radius 3 is 2.62 bits per heavy atom. The average molecular weight is 369 g/mol. The molecule has 0 saturated heterocycles. The predicted octanol–water partition coefficient (Wildman–Crippen LogP) is 4.30. The van der Waals surface area contributed by atoms with E-state index in [0.29, 0.717) is 11.3 Å². The molecule has 26 heavy (non-hydrogen) atoms. The number of aryl methyl sites for hydroxylation is 3. The molecule has 0 radical (unpaired) electrons. The summed E-state index contributed by atoms with van der Waals surface area (Å²) in [5, 5.41) is 2.76. The topological polar surface area (TPSA) is 69.4 Å². The van der Waals surface area contributed by atoms with Gasteiger partial charge in [-0.3, -0.25) is 0 Å². The van der Waals surface area contributed by atoms with Crippen LogP contribution in [0.3, 0.4) is 0 Å². The van der Waals surface area contributed by atoms with Gasteiger partial charge in [-0.05, 0) is 31.4 Å². The van der Waals surface area contributed by atoms with Crippen LogP contribution in [0.1, 0.15) is 39.9 Å². The summed E-state index contributed by atoms with van der Waals surface area (Å²) in [7, 11) is 0. The van der Waals surface area contributed by atoms with Crippen molar-refractivity contribution < 1.29 is 13.9 Å². The lowest BCUT2D eigenvalue weighted by molar-refractivity contribution is 0.0463. The quantitative estimate of drug-likeness (QED) is 0.627. The van der Waals surface area contributed by atoms with Crippen LogP contribution in [0.15, 0.2) is 44.9 Å². The minimum atomic E-state index is -0.523. The number of carbonyl (C=O) groups is 1. The van der Waals surface area contributed by atoms with E-state index in [9.17, 15) is 9.59 Å². The van der Waals surface area contributed by atoms with Crippen LogP contribution in [0.25, 0.3) is 10.6 Å². The highest BCUT2D eigenvalue weighted by molar-refractivity contribution is 7.13. The molecule has 134 valence electrons. The van der Waals surface area contributed by atoms with Gasteiger partial charge >= 0.3 is 11.6 Å². The fourth-order valence-electron chi connectivity index (χ4n) is 2.66. The van der Waals surface area contributed by atoms with E-state index in [4.69, 9.17) is 9.15 Å². The van der Waals surface area contributed by atoms with Gasteiger partial charge in [-0.1, -0.05) is 31.2 Å². The van der Waals surface area contributed by atoms with Crippen molar-refractivity contribution in [2.45, 2.75) is 33.8 Å². The number of rotatable bonds is 5. The van der Waals surface area contributed by atoms with Gasteiger partial charge in [0.15, 0.2) is 0 Å². The number of hydrogen-bond donors (Lipinski definition) is 0. The molecule has 3 aromatic rings. The Balaban J connectivity index is 1.70. The zero-order valence-electron chi connectivity index (χ0n) is 14.9. The number of benzene rings is 1. The minimum Gasteiger partial charge on any atom is -0.455 e. The summed E-state index contributed by atoms with van der Waals surface area (Å²) >= 11 is 1.51. The Labute approximate surface area is 155 Å². The third-order valence-corrected chi connectivity index (χ3v) is 4.99. The molecule has 3 rings (SSSR count). The number of ether oxygens (including phenoxy) is 1. The fraction of sp³-hybridized carbons (Fsp3) is 0.250. The Hall–Kier alpha value is -2.73. The van der Waals surface area contributed by atoms with Gasteiger partial charge < -0.3 is 9.15 Å². The number of nitrogens with zero attached hydrogens (tertiary/aromatic N) is 1. The van der Waals surface area contributed by atoms with Gasteiger partial charge in [-0.25, -0.2) is 14.6 Å². The maximum Gasteiger partial charge on any atom is 0.342 e. The zero-order valence-corrected chi connectivity index (χ0v) is 15.7. The Kier molecular flexibility index (Phi) is 5.32. The van der Waals surface area contributed by atoms with E-state index in [1.165, 1.54) is 23.0 Å². The lowest BCUT2D eigenvalue weighted by Crippen LogP contribution is -2.12. The van der Waals surface area contributed by atoms with Crippen LogP contribution < -0.4 is 5.63 Å². The van der Waals surface area contributed by atoms with Crippen LogP contribution in [-0.2, 0) is 17.8 Å². The number of hydrogen-bond acceptors (Lipinski definition) is 6. The molecule has 0 aliphatic carbocycles. The number of thiazole rings is 1. The Bertz CT molecular complexity index is 960. The van der Waals surface area contributed by atoms with E-state index in [2.05, 4.69) is 24.0 Å². The van der Waals surface area contributed by atoms with E-state index < -0.39 is 11.6 Å². The highest BCUT2D eigenvalue weighted by Crippen LogP contribution is 2.25. The first-order chi connectivity index (χ1) is 12.5. The SMILES string of the molecule is CCc1ccc(-c2nc(COC(=O)c3c(C)cc(=O)oc3C)cs2)cc1. The van der Waals surface area contributed by atoms with Gasteiger partial charge in [-0.2, -0.15) is 0 Å². The molecule has 0 fully saturated rings. The smallest absolute Gasteiger partial charge is 0.342 e. The predicted molar refractivity (Wildman–Crippen MR) is 100 cm³/mol. The number of esters is 1. The molecular weight excluding hydrogens is 350 g/mol. The van der Waals surface area contributed by atoms with Crippen molar-refractivity contribution in [2.24, 2.45) is 0 Å². The van der Waals surface area contributed by atoms with E-state index in [1.54, 1.807) is 13.8 Å². The van der Waals surface area contributed by atoms with Gasteiger partial charge in [0.2, 0.25) is 0 Å². The van der Waals surface area contributed by atoms with Crippen molar-refractivity contribution in [1.82, 2.24) is 4.98 Å². The summed E-state index contributed by atoms with van der Waals surface area (Å²) in [5.74, 6) is -0.263. The standard InChI is InChI=1S/C20H19NO4S/c1-4-14-5-7-15(8-6-14)19-21-16(11-26-19)10-24-20(23)18-12(2)9-17(22)25-13(18)3/h5-9,11H,4,10H2,1-3H3. The van der Waals surface area contributed by atoms with Gasteiger partial charge in [-0.15, -0.1) is 11.3 Å². The molecule has 6 heteroatoms. The molecule has 5 nitrogen and oxygen atoms in total. The molecule has 2 heterocycles. The summed E-state index contributed by atoms with van der Waals surface area (Å²) in [6, 6.07) is 9.55. The molecule has 0 aliphatic heterocycles. The Morgan fingerprint density at radius 2 is 1.96 bits per heavy atom. The first-order valence-electron chi connectivity index (χ1n) is 8.30. The third-order valence-electron chi connectivity index (χ3n) is 4.05. The number of aromatic nitrogens is 1. The van der Waals surface area contributed by atoms with Crippen molar-refractivity contribution in [1.29, 1.82) is 0 Å². The van der Waals surface area contributed by atoms with Crippen LogP contribution in [0, 0.1) is 13.8 Å². The lowest BCUT2D eigenvalue weighted by atomic mass is 10.1. The summed E-state index contributed by atoms with van der Waals surface area (Å²) < 4.78 is 10.3. The van der Waals surface area contributed by atoms with Gasteiger partial charge in [0.05, 0.1) is 5.69 Å². The van der Waals surface area contributed by atoms with E-state index in [1.807, 2.05) is 17.5 Å². The molecule has 0 saturated carbocycles. The molecule has 0 aliphatic rings. The van der Waals surface area contributed by atoms with E-state index in [-0.39, 0.29) is 17.9 Å². The second-order valence-electron chi connectivity index (χ2n) is 5.95. The lowest BCUT2D eigenvalue weighted by Gasteiger charge is -2.07. The summed E-state index contributed by atoms with van der Waals surface area (Å²) in [4.78, 5) is 28.2. The maximum absolute atomic E-state index is 12.3. The van der Waals surface area contributed by atoms with Gasteiger partial charge in [0, 0.05) is 17.0 Å². The molecule has 0 amide bonds. The van der Waals surface area contributed by atoms with Crippen molar-refractivity contribution in [3.05, 3.63) is 74.3 Å². The molecule has 0 N–H and O–H groups in total. The van der Waals surface area contributed by atoms with Crippen molar-refractivity contribution in [3.8, 4) is 10.6 Å². The summed E-state index contributed by atoms with van der Waals surface area (Å²) in [6.07, 6.45) is 0.998. The molecule has 0 spiro atoms. The monoisotopic (exact) mass is 369 g/mol. The van der Waals surface area contributed by atoms with Crippen LogP contribution in [0.4, 0.5) is 0 Å². The molecular formula is C20H19NO4S. The molecule has 0 atom stereocenters. The largest absolute Gasteiger partial charge is 0.455 e. The van der Waals surface area contributed by atoms with Crippen molar-refractivity contribution in [2.75, 3.05) is 0 Å². The fourth-order valence-corrected chi connectivity index (χ4v) is 3.47. The van der Waals surface area contributed by atoms with Crippen LogP contribution in [0.5, 0.6) is 0 Å². The average Bonchev–Trinajstić information content (AvgIpc) is 3.08. The Morgan fingerprint density at radius 1 is 1.23 bits per heavy atom. The van der Waals surface area contributed by atoms with Crippen molar-refractivity contribution in [3.63, 3.8) is 0 Å². The van der Waals surface area contributed by atoms with E-state index in [0.717, 1.165) is 17.0 Å². The first kappa shape index (κ1) is 18.1. The zero-order chi connectivity index (χ0) is 18.7. The van der Waals surface area contributed by atoms with E-state index >= 15 is 0 Å². The second-order valence-corrected chi connectivity index (χ2v) is 6.81. The van der Waals surface area contributed by atoms with Crippen LogP contribution >= 0.6 is 11.3 Å². The molecule has 0 bridgehead atoms. The second kappa shape index (κ2) is 7.66. The van der Waals surface area contributed by atoms with Crippen LogP contribution in [-0.4, -0.2) is 11.0 Å². The maximum atomic E-state index is 12.3. The summed E-state index contributed by atoms with van der Waals surface area (Å²) in [6.45, 7) is 5.44. The normalized spacial score (nSPS) is 10.7. The van der Waals surface area contributed by atoms with Gasteiger partial charge in [0.25, 0.3) is 0 Å². The summed E-state index contributed by atoms with van der Waals surface area (Å²) in [5.41, 5.74) is 3.36. The molecule has 2 aromatic heterocycles.